The van der Waals surface area contributed by atoms with Crippen LogP contribution in [0.5, 0.6) is 0 Å². The van der Waals surface area contributed by atoms with Gasteiger partial charge in [-0.3, -0.25) is 20.0 Å². The minimum atomic E-state index is -0.577. The van der Waals surface area contributed by atoms with E-state index in [2.05, 4.69) is 39.6 Å². The van der Waals surface area contributed by atoms with E-state index in [1.807, 2.05) is 44.2 Å². The Labute approximate surface area is 225 Å². The number of nitrogens with one attached hydrogen (secondary N) is 1. The summed E-state index contributed by atoms with van der Waals surface area (Å²) in [5, 5.41) is 3.55. The minimum absolute atomic E-state index is 0.0535. The monoisotopic (exact) mass is 514 g/mol. The van der Waals surface area contributed by atoms with Crippen LogP contribution in [-0.2, 0) is 11.3 Å². The van der Waals surface area contributed by atoms with E-state index >= 15 is 0 Å². The molecule has 4 rings (SSSR count). The summed E-state index contributed by atoms with van der Waals surface area (Å²) in [7, 11) is 0. The van der Waals surface area contributed by atoms with Crippen LogP contribution in [0.15, 0.2) is 73.2 Å². The molecule has 3 aromatic rings. The SMILES string of the molecule is CCN(CC)C(=O)N(Cc1ccc(C2CCCCC2NC(C(N)=O)c2cccnc2)cc1)c1ccccn1. The number of primary amides is 1. The first-order valence-electron chi connectivity index (χ1n) is 13.5. The zero-order valence-corrected chi connectivity index (χ0v) is 22.3. The van der Waals surface area contributed by atoms with Crippen molar-refractivity contribution in [2.45, 2.75) is 64.1 Å². The highest BCUT2D eigenvalue weighted by atomic mass is 16.2. The van der Waals surface area contributed by atoms with Crippen LogP contribution in [-0.4, -0.2) is 45.9 Å². The highest BCUT2D eigenvalue weighted by Gasteiger charge is 2.31. The van der Waals surface area contributed by atoms with E-state index < -0.39 is 11.9 Å². The van der Waals surface area contributed by atoms with Gasteiger partial charge in [0.05, 0.1) is 6.54 Å². The Balaban J connectivity index is 1.52. The summed E-state index contributed by atoms with van der Waals surface area (Å²) in [4.78, 5) is 37.8. The Bertz CT molecular complexity index is 1170. The molecule has 1 aliphatic carbocycles. The van der Waals surface area contributed by atoms with Gasteiger partial charge in [0.25, 0.3) is 0 Å². The second-order valence-corrected chi connectivity index (χ2v) is 9.76. The highest BCUT2D eigenvalue weighted by Crippen LogP contribution is 2.35. The summed E-state index contributed by atoms with van der Waals surface area (Å²) >= 11 is 0. The van der Waals surface area contributed by atoms with Gasteiger partial charge in [0.1, 0.15) is 11.9 Å². The van der Waals surface area contributed by atoms with E-state index in [1.165, 1.54) is 5.56 Å². The number of nitrogens with two attached hydrogens (primary N) is 1. The first-order valence-corrected chi connectivity index (χ1v) is 13.5. The molecule has 3 atom stereocenters. The molecule has 0 spiro atoms. The maximum absolute atomic E-state index is 13.3. The number of carbonyl (C=O) groups is 2. The third-order valence-electron chi connectivity index (χ3n) is 7.39. The van der Waals surface area contributed by atoms with Gasteiger partial charge in [0, 0.05) is 37.7 Å². The molecule has 200 valence electrons. The summed E-state index contributed by atoms with van der Waals surface area (Å²) in [5.74, 6) is 0.503. The van der Waals surface area contributed by atoms with Gasteiger partial charge in [0.2, 0.25) is 5.91 Å². The van der Waals surface area contributed by atoms with E-state index in [4.69, 9.17) is 5.73 Å². The van der Waals surface area contributed by atoms with Crippen molar-refractivity contribution in [3.05, 3.63) is 89.9 Å². The summed E-state index contributed by atoms with van der Waals surface area (Å²) in [6.07, 6.45) is 9.36. The first kappa shape index (κ1) is 27.3. The van der Waals surface area contributed by atoms with Crippen LogP contribution < -0.4 is 16.0 Å². The molecule has 3 amide bonds. The van der Waals surface area contributed by atoms with Gasteiger partial charge in [-0.1, -0.05) is 49.2 Å². The molecular weight excluding hydrogens is 476 g/mol. The molecule has 38 heavy (non-hydrogen) atoms. The number of carbonyl (C=O) groups excluding carboxylic acids is 2. The van der Waals surface area contributed by atoms with Crippen LogP contribution >= 0.6 is 0 Å². The number of amides is 3. The van der Waals surface area contributed by atoms with Crippen molar-refractivity contribution in [3.8, 4) is 0 Å². The van der Waals surface area contributed by atoms with Crippen molar-refractivity contribution in [2.24, 2.45) is 5.73 Å². The second-order valence-electron chi connectivity index (χ2n) is 9.76. The number of benzene rings is 1. The van der Waals surface area contributed by atoms with E-state index in [9.17, 15) is 9.59 Å². The summed E-state index contributed by atoms with van der Waals surface area (Å²) in [6.45, 7) is 5.68. The molecule has 1 fully saturated rings. The maximum atomic E-state index is 13.3. The second kappa shape index (κ2) is 13.1. The molecule has 3 unspecified atom stereocenters. The third-order valence-corrected chi connectivity index (χ3v) is 7.39. The van der Waals surface area contributed by atoms with Gasteiger partial charge in [-0.15, -0.1) is 0 Å². The molecule has 8 heteroatoms. The minimum Gasteiger partial charge on any atom is -0.368 e. The molecule has 2 heterocycles. The van der Waals surface area contributed by atoms with E-state index in [1.54, 1.807) is 28.4 Å². The van der Waals surface area contributed by atoms with Crippen LogP contribution in [0.2, 0.25) is 0 Å². The molecule has 1 aliphatic rings. The Kier molecular flexibility index (Phi) is 9.43. The van der Waals surface area contributed by atoms with Gasteiger partial charge in [0.15, 0.2) is 0 Å². The van der Waals surface area contributed by atoms with Crippen molar-refractivity contribution < 1.29 is 9.59 Å². The number of aromatic nitrogens is 2. The third kappa shape index (κ3) is 6.55. The summed E-state index contributed by atoms with van der Waals surface area (Å²) < 4.78 is 0. The number of hydrogen-bond acceptors (Lipinski definition) is 5. The fourth-order valence-corrected chi connectivity index (χ4v) is 5.31. The summed E-state index contributed by atoms with van der Waals surface area (Å²) in [5.41, 5.74) is 8.82. The predicted molar refractivity (Wildman–Crippen MR) is 149 cm³/mol. The van der Waals surface area contributed by atoms with Crippen LogP contribution in [0, 0.1) is 0 Å². The molecule has 2 aromatic heterocycles. The Morgan fingerprint density at radius 2 is 1.76 bits per heavy atom. The molecule has 0 radical (unpaired) electrons. The summed E-state index contributed by atoms with van der Waals surface area (Å²) in [6, 6.07) is 17.3. The molecule has 8 nitrogen and oxygen atoms in total. The van der Waals surface area contributed by atoms with Crippen LogP contribution in [0.25, 0.3) is 0 Å². The van der Waals surface area contributed by atoms with Crippen LogP contribution in [0.4, 0.5) is 10.6 Å². The normalized spacial score (nSPS) is 17.9. The lowest BCUT2D eigenvalue weighted by Crippen LogP contribution is -2.44. The molecule has 0 saturated heterocycles. The standard InChI is InChI=1S/C30H38N6O2/c1-3-35(4-2)30(38)36(27-13-7-8-19-33-27)21-22-14-16-23(17-15-22)25-11-5-6-12-26(25)34-28(29(31)37)24-10-9-18-32-20-24/h7-10,13-20,25-26,28,34H,3-6,11-12,21H2,1-2H3,(H2,31,37). The van der Waals surface area contributed by atoms with Crippen molar-refractivity contribution >= 4 is 17.8 Å². The number of nitrogens with zero attached hydrogens (tertiary/aromatic N) is 4. The Morgan fingerprint density at radius 3 is 2.39 bits per heavy atom. The number of hydrogen-bond donors (Lipinski definition) is 2. The number of urea groups is 1. The predicted octanol–water partition coefficient (Wildman–Crippen LogP) is 4.79. The first-order chi connectivity index (χ1) is 18.5. The topological polar surface area (TPSA) is 104 Å². The lowest BCUT2D eigenvalue weighted by atomic mass is 9.79. The van der Waals surface area contributed by atoms with Crippen LogP contribution in [0.3, 0.4) is 0 Å². The number of rotatable bonds is 10. The lowest BCUT2D eigenvalue weighted by Gasteiger charge is -2.35. The van der Waals surface area contributed by atoms with Crippen LogP contribution in [0.1, 0.15) is 68.2 Å². The average molecular weight is 515 g/mol. The quantitative estimate of drug-likeness (QED) is 0.405. The fourth-order valence-electron chi connectivity index (χ4n) is 5.31. The molecular formula is C30H38N6O2. The van der Waals surface area contributed by atoms with Gasteiger partial charge < -0.3 is 10.6 Å². The Hall–Kier alpha value is -3.78. The van der Waals surface area contributed by atoms with Gasteiger partial charge >= 0.3 is 6.03 Å². The average Bonchev–Trinajstić information content (AvgIpc) is 2.96. The van der Waals surface area contributed by atoms with E-state index in [0.717, 1.165) is 36.8 Å². The van der Waals surface area contributed by atoms with E-state index in [0.29, 0.717) is 25.5 Å². The van der Waals surface area contributed by atoms with Crippen molar-refractivity contribution in [2.75, 3.05) is 18.0 Å². The largest absolute Gasteiger partial charge is 0.368 e. The Morgan fingerprint density at radius 1 is 1.00 bits per heavy atom. The van der Waals surface area contributed by atoms with Crippen molar-refractivity contribution in [1.82, 2.24) is 20.2 Å². The lowest BCUT2D eigenvalue weighted by molar-refractivity contribution is -0.120. The molecule has 1 aromatic carbocycles. The molecule has 0 bridgehead atoms. The molecule has 1 saturated carbocycles. The number of pyridine rings is 2. The zero-order valence-electron chi connectivity index (χ0n) is 22.3. The van der Waals surface area contributed by atoms with Gasteiger partial charge in [-0.2, -0.15) is 0 Å². The molecule has 0 aliphatic heterocycles. The highest BCUT2D eigenvalue weighted by molar-refractivity contribution is 5.90. The van der Waals surface area contributed by atoms with Gasteiger partial charge in [-0.25, -0.2) is 9.78 Å². The van der Waals surface area contributed by atoms with Crippen molar-refractivity contribution in [3.63, 3.8) is 0 Å². The smallest absolute Gasteiger partial charge is 0.325 e. The number of anilines is 1. The van der Waals surface area contributed by atoms with Crippen molar-refractivity contribution in [1.29, 1.82) is 0 Å². The molecule has 3 N–H and O–H groups in total. The van der Waals surface area contributed by atoms with E-state index in [-0.39, 0.29) is 18.0 Å². The fraction of sp³-hybridized carbons (Fsp3) is 0.400. The zero-order chi connectivity index (χ0) is 26.9. The maximum Gasteiger partial charge on any atom is 0.325 e. The van der Waals surface area contributed by atoms with Gasteiger partial charge in [-0.05, 0) is 67.5 Å².